The first-order chi connectivity index (χ1) is 1.73. The van der Waals surface area contributed by atoms with Gasteiger partial charge in [-0.3, -0.25) is 4.46 Å². The Bertz CT molecular complexity index is 33.8. The van der Waals surface area contributed by atoms with Crippen LogP contribution in [0.2, 0.25) is 0 Å². The molecular formula is H6BaCaO3Si. The predicted molar refractivity (Wildman–Crippen MR) is 28.0 cm³/mol. The Hall–Kier alpha value is 2.45. The topological polar surface area (TPSA) is 57.5 Å². The average Bonchev–Trinajstić information content (AvgIpc) is 0.811. The van der Waals surface area contributed by atoms with Crippen molar-refractivity contribution in [1.82, 2.24) is 0 Å². The van der Waals surface area contributed by atoms with Gasteiger partial charge in [-0.15, -0.1) is 0 Å². The van der Waals surface area contributed by atoms with Crippen LogP contribution in [0.5, 0.6) is 0 Å². The van der Waals surface area contributed by atoms with Gasteiger partial charge in [-0.25, -0.2) is 0 Å². The first-order valence-corrected chi connectivity index (χ1v) is 1.95. The molecule has 0 aliphatic rings. The third kappa shape index (κ3) is 31.9. The SMILES string of the molecule is O=[Si](O)O.[BaH2].[CaH2]. The fourth-order valence-electron chi connectivity index (χ4n) is 0. The second-order valence-electron chi connectivity index (χ2n) is 0.283. The molecule has 0 saturated carbocycles. The molecule has 0 aromatic carbocycles. The molecule has 0 atom stereocenters. The summed E-state index contributed by atoms with van der Waals surface area (Å²) in [6, 6.07) is 0. The summed E-state index contributed by atoms with van der Waals surface area (Å²) in [5.41, 5.74) is 0. The monoisotopic (exact) mass is 260 g/mol. The Kier molecular flexibility index (Phi) is 27.5. The molecule has 0 radical (unpaired) electrons. The van der Waals surface area contributed by atoms with Crippen molar-refractivity contribution in [2.24, 2.45) is 0 Å². The summed E-state index contributed by atoms with van der Waals surface area (Å²) >= 11 is 0. The van der Waals surface area contributed by atoms with E-state index in [1.807, 2.05) is 0 Å². The molecule has 32 valence electrons. The van der Waals surface area contributed by atoms with E-state index in [4.69, 9.17) is 14.1 Å². The standard InChI is InChI=1S/Ba.Ca.H2O3Si.4H/c;;1-4(2)3;;;;/h;;1-2H;;;;. The average molecular weight is 260 g/mol. The number of hydrogen-bond acceptors (Lipinski definition) is 1. The first kappa shape index (κ1) is 15.8. The van der Waals surface area contributed by atoms with Gasteiger partial charge in [0.1, 0.15) is 0 Å². The van der Waals surface area contributed by atoms with Gasteiger partial charge in [-0.05, 0) is 0 Å². The summed E-state index contributed by atoms with van der Waals surface area (Å²) in [5, 5.41) is 0. The number of hydrogen-bond donors (Lipinski definition) is 2. The minimum atomic E-state index is -3.13. The maximum atomic E-state index is 8.74. The van der Waals surface area contributed by atoms with Crippen molar-refractivity contribution < 1.29 is 14.1 Å². The normalized spacial score (nSPS) is 4.00. The van der Waals surface area contributed by atoms with E-state index < -0.39 is 9.17 Å². The van der Waals surface area contributed by atoms with Crippen molar-refractivity contribution in [3.8, 4) is 0 Å². The molecule has 0 amide bonds. The summed E-state index contributed by atoms with van der Waals surface area (Å²) in [6.07, 6.45) is 0. The van der Waals surface area contributed by atoms with Crippen molar-refractivity contribution in [3.05, 3.63) is 0 Å². The Balaban J connectivity index is -0.0000000450. The van der Waals surface area contributed by atoms with Crippen LogP contribution in [0.25, 0.3) is 0 Å². The second-order valence-corrected chi connectivity index (χ2v) is 0.848. The van der Waals surface area contributed by atoms with Crippen molar-refractivity contribution in [3.63, 3.8) is 0 Å². The quantitative estimate of drug-likeness (QED) is 0.445. The van der Waals surface area contributed by atoms with Gasteiger partial charge in [0.25, 0.3) is 0 Å². The van der Waals surface area contributed by atoms with Gasteiger partial charge in [0, 0.05) is 0 Å². The van der Waals surface area contributed by atoms with Crippen LogP contribution in [0.4, 0.5) is 0 Å². The van der Waals surface area contributed by atoms with E-state index in [1.165, 1.54) is 0 Å². The molecule has 0 unspecified atom stereocenters. The van der Waals surface area contributed by atoms with Crippen LogP contribution in [0.3, 0.4) is 0 Å². The molecule has 6 heteroatoms. The van der Waals surface area contributed by atoms with E-state index in [0.29, 0.717) is 0 Å². The van der Waals surface area contributed by atoms with Gasteiger partial charge >= 0.3 is 95.8 Å². The fraction of sp³-hybridized carbons (Fsp3) is 0. The molecule has 0 heterocycles. The minimum absolute atomic E-state index is 0. The Morgan fingerprint density at radius 1 is 1.33 bits per heavy atom. The second kappa shape index (κ2) is 10.4. The Morgan fingerprint density at radius 3 is 1.33 bits per heavy atom. The van der Waals surface area contributed by atoms with Crippen LogP contribution in [-0.2, 0) is 4.46 Å². The summed E-state index contributed by atoms with van der Waals surface area (Å²) in [6.45, 7) is 0. The molecule has 0 aromatic heterocycles. The van der Waals surface area contributed by atoms with Gasteiger partial charge in [0.2, 0.25) is 0 Å². The van der Waals surface area contributed by atoms with Crippen LogP contribution >= 0.6 is 0 Å². The van der Waals surface area contributed by atoms with Crippen molar-refractivity contribution >= 4 is 95.8 Å². The van der Waals surface area contributed by atoms with E-state index >= 15 is 0 Å². The first-order valence-electron chi connectivity index (χ1n) is 0.651. The zero-order chi connectivity index (χ0) is 3.58. The zero-order valence-electron chi connectivity index (χ0n) is 1.80. The summed E-state index contributed by atoms with van der Waals surface area (Å²) < 4.78 is 8.74. The molecule has 0 aliphatic carbocycles. The number of rotatable bonds is 0. The molecule has 0 saturated heterocycles. The maximum absolute atomic E-state index is 8.74. The van der Waals surface area contributed by atoms with Crippen molar-refractivity contribution in [1.29, 1.82) is 0 Å². The van der Waals surface area contributed by atoms with Crippen LogP contribution in [0, 0.1) is 0 Å². The molecule has 3 nitrogen and oxygen atoms in total. The van der Waals surface area contributed by atoms with Gasteiger partial charge in [0.05, 0.1) is 0 Å². The summed E-state index contributed by atoms with van der Waals surface area (Å²) in [4.78, 5) is 14.3. The van der Waals surface area contributed by atoms with Crippen LogP contribution in [0.15, 0.2) is 0 Å². The van der Waals surface area contributed by atoms with Crippen molar-refractivity contribution in [2.75, 3.05) is 0 Å². The predicted octanol–water partition coefficient (Wildman–Crippen LogP) is -3.45. The molecule has 0 rings (SSSR count). The van der Waals surface area contributed by atoms with E-state index in [2.05, 4.69) is 0 Å². The van der Waals surface area contributed by atoms with Gasteiger partial charge in [0.15, 0.2) is 0 Å². The molecule has 0 spiro atoms. The van der Waals surface area contributed by atoms with E-state index in [9.17, 15) is 0 Å². The Morgan fingerprint density at radius 2 is 1.33 bits per heavy atom. The van der Waals surface area contributed by atoms with E-state index in [1.54, 1.807) is 0 Å². The molecule has 0 aliphatic heterocycles. The molecule has 0 fully saturated rings. The fourth-order valence-corrected chi connectivity index (χ4v) is 0. The molecule has 0 aromatic rings. The molecular weight excluding hydrogens is 253 g/mol. The third-order valence-corrected chi connectivity index (χ3v) is 0. The Labute approximate surface area is 107 Å². The van der Waals surface area contributed by atoms with Gasteiger partial charge < -0.3 is 9.59 Å². The molecule has 0 bridgehead atoms. The van der Waals surface area contributed by atoms with Gasteiger partial charge in [-0.1, -0.05) is 0 Å². The van der Waals surface area contributed by atoms with E-state index in [-0.39, 0.29) is 86.6 Å². The molecule has 6 heavy (non-hydrogen) atoms. The zero-order valence-corrected chi connectivity index (χ0v) is 2.80. The third-order valence-electron chi connectivity index (χ3n) is 0. The summed E-state index contributed by atoms with van der Waals surface area (Å²) in [5.74, 6) is 0. The van der Waals surface area contributed by atoms with E-state index in [0.717, 1.165) is 0 Å². The van der Waals surface area contributed by atoms with Crippen LogP contribution in [-0.4, -0.2) is 105 Å². The van der Waals surface area contributed by atoms with Gasteiger partial charge in [-0.2, -0.15) is 0 Å². The van der Waals surface area contributed by atoms with Crippen LogP contribution in [0.1, 0.15) is 0 Å². The van der Waals surface area contributed by atoms with Crippen LogP contribution < -0.4 is 0 Å². The molecule has 2 N–H and O–H groups in total. The summed E-state index contributed by atoms with van der Waals surface area (Å²) in [7, 11) is -3.13. The van der Waals surface area contributed by atoms with Crippen molar-refractivity contribution in [2.45, 2.75) is 0 Å².